The van der Waals surface area contributed by atoms with Crippen LogP contribution in [-0.2, 0) is 10.3 Å². The van der Waals surface area contributed by atoms with Crippen molar-refractivity contribution in [1.29, 1.82) is 0 Å². The van der Waals surface area contributed by atoms with Crippen molar-refractivity contribution in [2.75, 3.05) is 5.75 Å². The van der Waals surface area contributed by atoms with Crippen molar-refractivity contribution in [3.05, 3.63) is 82.5 Å². The Bertz CT molecular complexity index is 985. The first-order valence-electron chi connectivity index (χ1n) is 10.1. The fourth-order valence-electron chi connectivity index (χ4n) is 3.99. The number of hydrogen-bond acceptors (Lipinski definition) is 5. The highest BCUT2D eigenvalue weighted by Crippen LogP contribution is 2.39. The quantitative estimate of drug-likeness (QED) is 0.528. The molecule has 7 heteroatoms. The van der Waals surface area contributed by atoms with Gasteiger partial charge in [0, 0.05) is 11.9 Å². The zero-order chi connectivity index (χ0) is 21.0. The van der Waals surface area contributed by atoms with Crippen LogP contribution in [0.15, 0.2) is 59.1 Å². The first kappa shape index (κ1) is 20.9. The van der Waals surface area contributed by atoms with Gasteiger partial charge in [-0.2, -0.15) is 4.98 Å². The van der Waals surface area contributed by atoms with Gasteiger partial charge in [0.25, 0.3) is 0 Å². The molecule has 1 aromatic heterocycles. The summed E-state index contributed by atoms with van der Waals surface area (Å²) in [6.07, 6.45) is 3.75. The number of hydrogen-bond donors (Lipinski definition) is 1. The van der Waals surface area contributed by atoms with Crippen LogP contribution < -0.4 is 5.32 Å². The number of aryl methyl sites for hydroxylation is 1. The Morgan fingerprint density at radius 2 is 1.80 bits per heavy atom. The lowest BCUT2D eigenvalue weighted by atomic mass is 9.96. The van der Waals surface area contributed by atoms with E-state index in [0.29, 0.717) is 22.5 Å². The van der Waals surface area contributed by atoms with E-state index in [1.807, 2.05) is 42.5 Å². The van der Waals surface area contributed by atoms with Crippen LogP contribution >= 0.6 is 23.4 Å². The van der Waals surface area contributed by atoms with E-state index in [1.54, 1.807) is 18.7 Å². The molecule has 1 aliphatic rings. The number of benzene rings is 2. The van der Waals surface area contributed by atoms with Crippen LogP contribution in [0.5, 0.6) is 0 Å². The normalized spacial score (nSPS) is 16.3. The zero-order valence-corrected chi connectivity index (χ0v) is 18.4. The number of carbonyl (C=O) groups is 1. The molecule has 0 spiro atoms. The zero-order valence-electron chi connectivity index (χ0n) is 16.8. The van der Waals surface area contributed by atoms with Crippen LogP contribution in [0.1, 0.15) is 53.8 Å². The van der Waals surface area contributed by atoms with Gasteiger partial charge >= 0.3 is 0 Å². The van der Waals surface area contributed by atoms with Gasteiger partial charge in [0.1, 0.15) is 5.54 Å². The summed E-state index contributed by atoms with van der Waals surface area (Å²) in [5.74, 6) is 1.43. The highest BCUT2D eigenvalue weighted by atomic mass is 35.5. The lowest BCUT2D eigenvalue weighted by Crippen LogP contribution is -2.45. The van der Waals surface area contributed by atoms with E-state index in [9.17, 15) is 4.79 Å². The van der Waals surface area contributed by atoms with Gasteiger partial charge in [-0.15, -0.1) is 11.8 Å². The van der Waals surface area contributed by atoms with Gasteiger partial charge in [0.2, 0.25) is 11.8 Å². The Labute approximate surface area is 185 Å². The highest BCUT2D eigenvalue weighted by Gasteiger charge is 2.41. The second-order valence-electron chi connectivity index (χ2n) is 7.63. The number of thioether (sulfide) groups is 1. The standard InChI is InChI=1S/C23H24ClN3O2S/c1-16-25-22(27-29-16)23(13-5-6-14-23)26-20(28)15-30-21(17-7-3-2-4-8-17)18-9-11-19(24)12-10-18/h2-4,7-12,21H,5-6,13-15H2,1H3,(H,26,28). The van der Waals surface area contributed by atoms with E-state index in [4.69, 9.17) is 16.1 Å². The second kappa shape index (κ2) is 9.23. The average molecular weight is 442 g/mol. The van der Waals surface area contributed by atoms with Crippen molar-refractivity contribution in [2.24, 2.45) is 0 Å². The van der Waals surface area contributed by atoms with E-state index in [2.05, 4.69) is 27.6 Å². The van der Waals surface area contributed by atoms with Gasteiger partial charge in [-0.3, -0.25) is 4.79 Å². The molecule has 1 unspecified atom stereocenters. The van der Waals surface area contributed by atoms with Crippen molar-refractivity contribution < 1.29 is 9.32 Å². The molecular formula is C23H24ClN3O2S. The number of rotatable bonds is 7. The van der Waals surface area contributed by atoms with Crippen molar-refractivity contribution in [2.45, 2.75) is 43.4 Å². The van der Waals surface area contributed by atoms with Crippen LogP contribution in [0.2, 0.25) is 5.02 Å². The molecule has 2 aromatic carbocycles. The number of nitrogens with zero attached hydrogens (tertiary/aromatic N) is 2. The van der Waals surface area contributed by atoms with E-state index < -0.39 is 5.54 Å². The molecule has 1 fully saturated rings. The Morgan fingerprint density at radius 3 is 2.43 bits per heavy atom. The maximum atomic E-state index is 13.0. The third-order valence-corrected chi connectivity index (χ3v) is 7.01. The first-order valence-corrected chi connectivity index (χ1v) is 11.5. The molecule has 1 amide bonds. The maximum Gasteiger partial charge on any atom is 0.230 e. The van der Waals surface area contributed by atoms with Gasteiger partial charge in [-0.1, -0.05) is 72.1 Å². The van der Waals surface area contributed by atoms with Crippen LogP contribution in [0.4, 0.5) is 0 Å². The Balaban J connectivity index is 1.49. The van der Waals surface area contributed by atoms with Crippen LogP contribution in [0.3, 0.4) is 0 Å². The Kier molecular flexibility index (Phi) is 6.44. The van der Waals surface area contributed by atoms with Gasteiger partial charge < -0.3 is 9.84 Å². The topological polar surface area (TPSA) is 68.0 Å². The van der Waals surface area contributed by atoms with Crippen molar-refractivity contribution in [3.63, 3.8) is 0 Å². The number of nitrogens with one attached hydrogen (secondary N) is 1. The smallest absolute Gasteiger partial charge is 0.230 e. The molecule has 156 valence electrons. The van der Waals surface area contributed by atoms with Gasteiger partial charge in [0.05, 0.1) is 11.0 Å². The SMILES string of the molecule is Cc1nc(C2(NC(=O)CSC(c3ccccc3)c3ccc(Cl)cc3)CCCC2)no1. The summed E-state index contributed by atoms with van der Waals surface area (Å²) in [6, 6.07) is 18.0. The van der Waals surface area contributed by atoms with Crippen LogP contribution in [-0.4, -0.2) is 21.8 Å². The van der Waals surface area contributed by atoms with Gasteiger partial charge in [-0.25, -0.2) is 0 Å². The molecule has 0 saturated heterocycles. The largest absolute Gasteiger partial charge is 0.343 e. The van der Waals surface area contributed by atoms with Gasteiger partial charge in [-0.05, 0) is 36.1 Å². The van der Waals surface area contributed by atoms with Crippen LogP contribution in [0, 0.1) is 6.92 Å². The summed E-state index contributed by atoms with van der Waals surface area (Å²) in [5, 5.41) is 8.07. The summed E-state index contributed by atoms with van der Waals surface area (Å²) in [5.41, 5.74) is 1.76. The maximum absolute atomic E-state index is 13.0. The van der Waals surface area contributed by atoms with Crippen LogP contribution in [0.25, 0.3) is 0 Å². The summed E-state index contributed by atoms with van der Waals surface area (Å²) >= 11 is 7.67. The Hall–Kier alpha value is -2.31. The molecule has 0 aliphatic heterocycles. The third-order valence-electron chi connectivity index (χ3n) is 5.45. The summed E-state index contributed by atoms with van der Waals surface area (Å²) < 4.78 is 5.18. The highest BCUT2D eigenvalue weighted by molar-refractivity contribution is 8.00. The minimum Gasteiger partial charge on any atom is -0.343 e. The molecule has 0 bridgehead atoms. The van der Waals surface area contributed by atoms with Crippen molar-refractivity contribution in [3.8, 4) is 0 Å². The Morgan fingerprint density at radius 1 is 1.13 bits per heavy atom. The number of amides is 1. The van der Waals surface area contributed by atoms with E-state index >= 15 is 0 Å². The predicted molar refractivity (Wildman–Crippen MR) is 120 cm³/mol. The summed E-state index contributed by atoms with van der Waals surface area (Å²) in [4.78, 5) is 17.4. The first-order chi connectivity index (χ1) is 14.6. The monoisotopic (exact) mass is 441 g/mol. The molecule has 0 radical (unpaired) electrons. The molecule has 1 N–H and O–H groups in total. The predicted octanol–water partition coefficient (Wildman–Crippen LogP) is 5.44. The van der Waals surface area contributed by atoms with E-state index in [0.717, 1.165) is 36.8 Å². The third kappa shape index (κ3) is 4.71. The van der Waals surface area contributed by atoms with Crippen molar-refractivity contribution in [1.82, 2.24) is 15.5 Å². The van der Waals surface area contributed by atoms with E-state index in [-0.39, 0.29) is 11.2 Å². The molecule has 1 heterocycles. The molecule has 1 saturated carbocycles. The summed E-state index contributed by atoms with van der Waals surface area (Å²) in [6.45, 7) is 1.77. The van der Waals surface area contributed by atoms with Gasteiger partial charge in [0.15, 0.2) is 5.82 Å². The molecular weight excluding hydrogens is 418 g/mol. The number of carbonyl (C=O) groups excluding carboxylic acids is 1. The molecule has 3 aromatic rings. The molecule has 1 atom stereocenters. The molecule has 1 aliphatic carbocycles. The molecule has 30 heavy (non-hydrogen) atoms. The number of halogens is 1. The fourth-order valence-corrected chi connectivity index (χ4v) is 5.20. The lowest BCUT2D eigenvalue weighted by Gasteiger charge is -2.27. The average Bonchev–Trinajstić information content (AvgIpc) is 3.40. The van der Waals surface area contributed by atoms with Crippen molar-refractivity contribution >= 4 is 29.3 Å². The number of aromatic nitrogens is 2. The van der Waals surface area contributed by atoms with E-state index in [1.165, 1.54) is 0 Å². The fraction of sp³-hybridized carbons (Fsp3) is 0.348. The summed E-state index contributed by atoms with van der Waals surface area (Å²) in [7, 11) is 0. The molecule has 5 nitrogen and oxygen atoms in total. The molecule has 4 rings (SSSR count). The minimum absolute atomic E-state index is 0.0146. The second-order valence-corrected chi connectivity index (χ2v) is 9.16. The minimum atomic E-state index is -0.516. The lowest BCUT2D eigenvalue weighted by molar-refractivity contribution is -0.120.